The van der Waals surface area contributed by atoms with Crippen molar-refractivity contribution >= 4 is 11.8 Å². The van der Waals surface area contributed by atoms with Crippen LogP contribution >= 0.6 is 0 Å². The van der Waals surface area contributed by atoms with E-state index < -0.39 is 5.60 Å². The monoisotopic (exact) mass is 332 g/mol. The highest BCUT2D eigenvalue weighted by Gasteiger charge is 2.59. The van der Waals surface area contributed by atoms with Gasteiger partial charge in [0.15, 0.2) is 0 Å². The molecule has 0 saturated heterocycles. The van der Waals surface area contributed by atoms with Crippen LogP contribution in [-0.4, -0.2) is 28.6 Å². The molecule has 0 aromatic rings. The van der Waals surface area contributed by atoms with E-state index in [1.165, 1.54) is 6.92 Å². The zero-order chi connectivity index (χ0) is 17.1. The highest BCUT2D eigenvalue weighted by molar-refractivity contribution is 5.87. The number of allylic oxidation sites excluding steroid dienone is 1. The summed E-state index contributed by atoms with van der Waals surface area (Å²) in [6, 6.07) is 0. The van der Waals surface area contributed by atoms with Gasteiger partial charge in [-0.05, 0) is 61.9 Å². The number of hydrogen-bond donors (Lipinski definition) is 1. The zero-order valence-electron chi connectivity index (χ0n) is 14.7. The Balaban J connectivity index is 1.60. The van der Waals surface area contributed by atoms with Crippen molar-refractivity contribution in [1.82, 2.24) is 0 Å². The minimum atomic E-state index is -0.744. The number of esters is 1. The summed E-state index contributed by atoms with van der Waals surface area (Å²) in [7, 11) is 0. The maximum Gasteiger partial charge on any atom is 0.302 e. The number of Topliss-reactive ketones (excluding diaryl/α,β-unsaturated/α-hetero) is 1. The molecule has 0 bridgehead atoms. The molecule has 3 fully saturated rings. The molecule has 0 aliphatic heterocycles. The third kappa shape index (κ3) is 2.22. The molecule has 4 rings (SSSR count). The van der Waals surface area contributed by atoms with Crippen LogP contribution in [0.15, 0.2) is 11.6 Å². The molecule has 0 aromatic heterocycles. The van der Waals surface area contributed by atoms with Crippen LogP contribution in [0.4, 0.5) is 0 Å². The fraction of sp³-hybridized carbons (Fsp3) is 0.800. The van der Waals surface area contributed by atoms with E-state index in [1.807, 2.05) is 0 Å². The Labute approximate surface area is 143 Å². The molecule has 1 N–H and O–H groups in total. The van der Waals surface area contributed by atoms with Crippen molar-refractivity contribution in [2.24, 2.45) is 23.2 Å². The first-order valence-electron chi connectivity index (χ1n) is 9.47. The number of aliphatic hydroxyl groups is 1. The molecule has 4 aliphatic rings. The molecule has 4 nitrogen and oxygen atoms in total. The lowest BCUT2D eigenvalue weighted by Gasteiger charge is -2.55. The van der Waals surface area contributed by atoms with Crippen LogP contribution in [0, 0.1) is 23.2 Å². The van der Waals surface area contributed by atoms with Crippen molar-refractivity contribution in [3.05, 3.63) is 11.6 Å². The predicted octanol–water partition coefficient (Wildman–Crippen LogP) is 3.17. The summed E-state index contributed by atoms with van der Waals surface area (Å²) in [5, 5.41) is 11.5. The molecule has 4 aliphatic carbocycles. The molecule has 0 radical (unpaired) electrons. The van der Waals surface area contributed by atoms with Crippen molar-refractivity contribution < 1.29 is 19.4 Å². The summed E-state index contributed by atoms with van der Waals surface area (Å²) in [6.07, 6.45) is 8.71. The molecule has 0 unspecified atom stereocenters. The lowest BCUT2D eigenvalue weighted by atomic mass is 9.51. The fourth-order valence-corrected chi connectivity index (χ4v) is 6.34. The number of carbonyl (C=O) groups is 2. The standard InChI is InChI=1S/C20H28O4/c1-12(21)24-14-7-10-20(23)13(11-14)3-4-15-16-5-6-18(22)19(16,2)9-8-17(15)20/h3,14-17,23H,4-11H2,1-2H3/t14-,15-,16-,17-,19-,20+/m0/s1. The molecule has 0 amide bonds. The van der Waals surface area contributed by atoms with Gasteiger partial charge in [-0.25, -0.2) is 0 Å². The topological polar surface area (TPSA) is 63.6 Å². The van der Waals surface area contributed by atoms with Crippen LogP contribution in [0.3, 0.4) is 0 Å². The Morgan fingerprint density at radius 3 is 2.79 bits per heavy atom. The van der Waals surface area contributed by atoms with Crippen LogP contribution in [0.1, 0.15) is 65.2 Å². The number of ketones is 1. The number of ether oxygens (including phenoxy) is 1. The second-order valence-corrected chi connectivity index (χ2v) is 8.66. The van der Waals surface area contributed by atoms with Gasteiger partial charge in [-0.1, -0.05) is 13.0 Å². The van der Waals surface area contributed by atoms with Gasteiger partial charge >= 0.3 is 5.97 Å². The van der Waals surface area contributed by atoms with Gasteiger partial charge in [0.1, 0.15) is 11.9 Å². The van der Waals surface area contributed by atoms with Gasteiger partial charge in [-0.15, -0.1) is 0 Å². The Bertz CT molecular complexity index is 609. The summed E-state index contributed by atoms with van der Waals surface area (Å²) in [5.74, 6) is 1.31. The molecule has 4 heteroatoms. The highest BCUT2D eigenvalue weighted by atomic mass is 16.5. The second kappa shape index (κ2) is 5.42. The molecule has 6 atom stereocenters. The summed E-state index contributed by atoms with van der Waals surface area (Å²) in [4.78, 5) is 23.6. The third-order valence-corrected chi connectivity index (χ3v) is 7.58. The summed E-state index contributed by atoms with van der Waals surface area (Å²) in [5.41, 5.74) is 0.179. The Hall–Kier alpha value is -1.16. The first-order chi connectivity index (χ1) is 11.3. The SMILES string of the molecule is CC(=O)O[C@H]1CC[C@@]2(O)C(=CC[C@@H]3[C@@H]2CC[C@]2(C)C(=O)CC[C@@H]32)C1. The summed E-state index contributed by atoms with van der Waals surface area (Å²) < 4.78 is 5.39. The Kier molecular flexibility index (Phi) is 3.68. The second-order valence-electron chi connectivity index (χ2n) is 8.66. The van der Waals surface area contributed by atoms with Gasteiger partial charge in [-0.2, -0.15) is 0 Å². The first kappa shape index (κ1) is 16.3. The zero-order valence-corrected chi connectivity index (χ0v) is 14.7. The normalized spacial score (nSPS) is 47.3. The van der Waals surface area contributed by atoms with E-state index in [9.17, 15) is 14.7 Å². The fourth-order valence-electron chi connectivity index (χ4n) is 6.34. The van der Waals surface area contributed by atoms with Crippen LogP contribution in [0.2, 0.25) is 0 Å². The van der Waals surface area contributed by atoms with E-state index in [2.05, 4.69) is 13.0 Å². The van der Waals surface area contributed by atoms with Gasteiger partial charge in [-0.3, -0.25) is 9.59 Å². The maximum atomic E-state index is 12.4. The average Bonchev–Trinajstić information content (AvgIpc) is 2.83. The quantitative estimate of drug-likeness (QED) is 0.592. The minimum Gasteiger partial charge on any atom is -0.462 e. The van der Waals surface area contributed by atoms with E-state index in [-0.39, 0.29) is 23.4 Å². The summed E-state index contributed by atoms with van der Waals surface area (Å²) in [6.45, 7) is 3.61. The van der Waals surface area contributed by atoms with E-state index in [0.717, 1.165) is 37.7 Å². The van der Waals surface area contributed by atoms with Crippen LogP contribution in [-0.2, 0) is 14.3 Å². The van der Waals surface area contributed by atoms with Gasteiger partial charge in [0, 0.05) is 25.2 Å². The predicted molar refractivity (Wildman–Crippen MR) is 89.1 cm³/mol. The van der Waals surface area contributed by atoms with Crippen molar-refractivity contribution in [3.8, 4) is 0 Å². The number of rotatable bonds is 1. The summed E-state index contributed by atoms with van der Waals surface area (Å²) >= 11 is 0. The van der Waals surface area contributed by atoms with Gasteiger partial charge in [0.25, 0.3) is 0 Å². The minimum absolute atomic E-state index is 0.0903. The third-order valence-electron chi connectivity index (χ3n) is 7.58. The molecule has 0 heterocycles. The van der Waals surface area contributed by atoms with Crippen molar-refractivity contribution in [3.63, 3.8) is 0 Å². The molecule has 3 saturated carbocycles. The maximum absolute atomic E-state index is 12.4. The van der Waals surface area contributed by atoms with E-state index in [1.54, 1.807) is 0 Å². The molecule has 24 heavy (non-hydrogen) atoms. The van der Waals surface area contributed by atoms with E-state index in [0.29, 0.717) is 36.9 Å². The smallest absolute Gasteiger partial charge is 0.302 e. The van der Waals surface area contributed by atoms with Crippen molar-refractivity contribution in [2.75, 3.05) is 0 Å². The van der Waals surface area contributed by atoms with Crippen LogP contribution < -0.4 is 0 Å². The Morgan fingerprint density at radius 2 is 2.04 bits per heavy atom. The van der Waals surface area contributed by atoms with Crippen LogP contribution in [0.25, 0.3) is 0 Å². The van der Waals surface area contributed by atoms with E-state index in [4.69, 9.17) is 4.74 Å². The number of hydrogen-bond acceptors (Lipinski definition) is 4. The number of fused-ring (bicyclic) bond motifs is 5. The van der Waals surface area contributed by atoms with Crippen molar-refractivity contribution in [2.45, 2.75) is 76.9 Å². The van der Waals surface area contributed by atoms with Crippen molar-refractivity contribution in [1.29, 1.82) is 0 Å². The molecular formula is C20H28O4. The van der Waals surface area contributed by atoms with Crippen LogP contribution in [0.5, 0.6) is 0 Å². The number of carbonyl (C=O) groups excluding carboxylic acids is 2. The molecule has 132 valence electrons. The lowest BCUT2D eigenvalue weighted by molar-refractivity contribution is -0.152. The molecular weight excluding hydrogens is 304 g/mol. The van der Waals surface area contributed by atoms with Gasteiger partial charge in [0.05, 0.1) is 5.60 Å². The Morgan fingerprint density at radius 1 is 1.25 bits per heavy atom. The van der Waals surface area contributed by atoms with Gasteiger partial charge < -0.3 is 9.84 Å². The largest absolute Gasteiger partial charge is 0.462 e. The van der Waals surface area contributed by atoms with E-state index >= 15 is 0 Å². The lowest BCUT2D eigenvalue weighted by Crippen LogP contribution is -2.55. The highest BCUT2D eigenvalue weighted by Crippen LogP contribution is 2.61. The molecule has 0 spiro atoms. The first-order valence-corrected chi connectivity index (χ1v) is 9.47. The average molecular weight is 332 g/mol. The van der Waals surface area contributed by atoms with Gasteiger partial charge in [0.2, 0.25) is 0 Å². The molecule has 0 aromatic carbocycles.